The lowest BCUT2D eigenvalue weighted by Crippen LogP contribution is -2.24. The molecule has 0 aliphatic heterocycles. The first-order valence-electron chi connectivity index (χ1n) is 7.98. The Bertz CT molecular complexity index is 569. The van der Waals surface area contributed by atoms with Crippen LogP contribution in [0.2, 0.25) is 0 Å². The summed E-state index contributed by atoms with van der Waals surface area (Å²) < 4.78 is 0. The van der Waals surface area contributed by atoms with Gasteiger partial charge in [-0.25, -0.2) is 0 Å². The minimum atomic E-state index is 0.498. The minimum absolute atomic E-state index is 0.498. The normalized spacial score (nSPS) is 24.1. The van der Waals surface area contributed by atoms with Crippen LogP contribution in [-0.4, -0.2) is 7.05 Å². The summed E-state index contributed by atoms with van der Waals surface area (Å²) in [5.74, 6) is 1.72. The molecule has 0 heterocycles. The second-order valence-electron chi connectivity index (χ2n) is 6.18. The molecule has 1 saturated carbocycles. The van der Waals surface area contributed by atoms with Gasteiger partial charge in [0.25, 0.3) is 0 Å². The van der Waals surface area contributed by atoms with E-state index in [2.05, 4.69) is 61.8 Å². The van der Waals surface area contributed by atoms with Crippen LogP contribution in [0.25, 0.3) is 10.8 Å². The van der Waals surface area contributed by atoms with E-state index in [-0.39, 0.29) is 0 Å². The van der Waals surface area contributed by atoms with Crippen molar-refractivity contribution in [1.29, 1.82) is 0 Å². The first-order chi connectivity index (χ1) is 9.83. The molecule has 1 fully saturated rings. The second-order valence-corrected chi connectivity index (χ2v) is 6.18. The SMILES string of the molecule is CCC1CCC(C(NC)c2cccc3ccccc23)C1. The third-order valence-corrected chi connectivity index (χ3v) is 5.10. The molecule has 0 radical (unpaired) electrons. The van der Waals surface area contributed by atoms with E-state index in [0.717, 1.165) is 11.8 Å². The number of hydrogen-bond donors (Lipinski definition) is 1. The third-order valence-electron chi connectivity index (χ3n) is 5.10. The van der Waals surface area contributed by atoms with Crippen LogP contribution in [0.15, 0.2) is 42.5 Å². The van der Waals surface area contributed by atoms with Crippen molar-refractivity contribution in [2.45, 2.75) is 38.6 Å². The van der Waals surface area contributed by atoms with Crippen LogP contribution in [-0.2, 0) is 0 Å². The monoisotopic (exact) mass is 267 g/mol. The van der Waals surface area contributed by atoms with Gasteiger partial charge in [-0.2, -0.15) is 0 Å². The maximum Gasteiger partial charge on any atom is 0.0352 e. The van der Waals surface area contributed by atoms with E-state index in [1.165, 1.54) is 42.0 Å². The average molecular weight is 267 g/mol. The second kappa shape index (κ2) is 5.97. The van der Waals surface area contributed by atoms with Gasteiger partial charge in [-0.15, -0.1) is 0 Å². The van der Waals surface area contributed by atoms with Gasteiger partial charge in [-0.05, 0) is 48.1 Å². The predicted octanol–water partition coefficient (Wildman–Crippen LogP) is 4.93. The molecule has 2 aromatic carbocycles. The molecule has 0 saturated heterocycles. The maximum atomic E-state index is 3.60. The molecule has 0 bridgehead atoms. The molecular formula is C19H25N. The molecule has 2 aromatic rings. The molecule has 3 atom stereocenters. The Kier molecular flexibility index (Phi) is 4.07. The molecule has 0 spiro atoms. The molecule has 1 nitrogen and oxygen atoms in total. The van der Waals surface area contributed by atoms with Gasteiger partial charge in [0.05, 0.1) is 0 Å². The molecule has 1 aliphatic carbocycles. The number of hydrogen-bond acceptors (Lipinski definition) is 1. The Morgan fingerprint density at radius 2 is 1.90 bits per heavy atom. The topological polar surface area (TPSA) is 12.0 Å². The molecule has 1 heteroatoms. The van der Waals surface area contributed by atoms with Crippen molar-refractivity contribution in [1.82, 2.24) is 5.32 Å². The molecule has 3 rings (SSSR count). The highest BCUT2D eigenvalue weighted by molar-refractivity contribution is 5.86. The Balaban J connectivity index is 1.95. The van der Waals surface area contributed by atoms with Crippen molar-refractivity contribution in [3.05, 3.63) is 48.0 Å². The summed E-state index contributed by atoms with van der Waals surface area (Å²) in [4.78, 5) is 0. The van der Waals surface area contributed by atoms with Crippen LogP contribution < -0.4 is 5.32 Å². The van der Waals surface area contributed by atoms with Crippen LogP contribution in [0, 0.1) is 11.8 Å². The molecule has 106 valence electrons. The summed E-state index contributed by atoms with van der Waals surface area (Å²) in [6, 6.07) is 16.0. The van der Waals surface area contributed by atoms with Crippen LogP contribution in [0.4, 0.5) is 0 Å². The van der Waals surface area contributed by atoms with E-state index in [0.29, 0.717) is 6.04 Å². The number of fused-ring (bicyclic) bond motifs is 1. The van der Waals surface area contributed by atoms with E-state index < -0.39 is 0 Å². The molecule has 1 N–H and O–H groups in total. The fourth-order valence-electron chi connectivity index (χ4n) is 3.95. The van der Waals surface area contributed by atoms with Gasteiger partial charge in [-0.1, -0.05) is 62.2 Å². The Morgan fingerprint density at radius 1 is 1.10 bits per heavy atom. The van der Waals surface area contributed by atoms with E-state index in [1.807, 2.05) is 0 Å². The van der Waals surface area contributed by atoms with E-state index in [1.54, 1.807) is 0 Å². The van der Waals surface area contributed by atoms with Crippen LogP contribution in [0.3, 0.4) is 0 Å². The highest BCUT2D eigenvalue weighted by atomic mass is 14.9. The number of nitrogens with one attached hydrogen (secondary N) is 1. The molecule has 0 amide bonds. The lowest BCUT2D eigenvalue weighted by atomic mass is 9.88. The minimum Gasteiger partial charge on any atom is -0.313 e. The van der Waals surface area contributed by atoms with E-state index in [4.69, 9.17) is 0 Å². The van der Waals surface area contributed by atoms with Crippen molar-refractivity contribution >= 4 is 10.8 Å². The molecule has 0 aromatic heterocycles. The highest BCUT2D eigenvalue weighted by Crippen LogP contribution is 2.41. The maximum absolute atomic E-state index is 3.60. The molecular weight excluding hydrogens is 242 g/mol. The molecule has 1 aliphatic rings. The smallest absolute Gasteiger partial charge is 0.0352 e. The van der Waals surface area contributed by atoms with Gasteiger partial charge in [-0.3, -0.25) is 0 Å². The average Bonchev–Trinajstić information content (AvgIpc) is 2.97. The van der Waals surface area contributed by atoms with Crippen molar-refractivity contribution in [2.75, 3.05) is 7.05 Å². The summed E-state index contributed by atoms with van der Waals surface area (Å²) >= 11 is 0. The fraction of sp³-hybridized carbons (Fsp3) is 0.474. The van der Waals surface area contributed by atoms with Gasteiger partial charge in [0.15, 0.2) is 0 Å². The van der Waals surface area contributed by atoms with Crippen LogP contribution in [0.1, 0.15) is 44.2 Å². The van der Waals surface area contributed by atoms with Crippen LogP contribution >= 0.6 is 0 Å². The predicted molar refractivity (Wildman–Crippen MR) is 86.9 cm³/mol. The number of rotatable bonds is 4. The fourth-order valence-corrected chi connectivity index (χ4v) is 3.95. The first kappa shape index (κ1) is 13.6. The Hall–Kier alpha value is -1.34. The summed E-state index contributed by atoms with van der Waals surface area (Å²) in [6.45, 7) is 2.33. The Labute approximate surface area is 122 Å². The zero-order chi connectivity index (χ0) is 13.9. The molecule has 3 unspecified atom stereocenters. The highest BCUT2D eigenvalue weighted by Gasteiger charge is 2.30. The quantitative estimate of drug-likeness (QED) is 0.828. The van der Waals surface area contributed by atoms with E-state index in [9.17, 15) is 0 Å². The molecule has 20 heavy (non-hydrogen) atoms. The number of benzene rings is 2. The standard InChI is InChI=1S/C19H25N/c1-3-14-11-12-16(13-14)19(20-2)18-10-6-8-15-7-4-5-9-17(15)18/h4-10,14,16,19-20H,3,11-13H2,1-2H3. The Morgan fingerprint density at radius 3 is 2.65 bits per heavy atom. The van der Waals surface area contributed by atoms with Crippen molar-refractivity contribution in [3.8, 4) is 0 Å². The van der Waals surface area contributed by atoms with Gasteiger partial charge >= 0.3 is 0 Å². The first-order valence-corrected chi connectivity index (χ1v) is 7.98. The van der Waals surface area contributed by atoms with Crippen LogP contribution in [0.5, 0.6) is 0 Å². The van der Waals surface area contributed by atoms with Crippen molar-refractivity contribution < 1.29 is 0 Å². The summed E-state index contributed by atoms with van der Waals surface area (Å²) in [5.41, 5.74) is 1.48. The lowest BCUT2D eigenvalue weighted by Gasteiger charge is -2.25. The summed E-state index contributed by atoms with van der Waals surface area (Å²) in [7, 11) is 2.12. The summed E-state index contributed by atoms with van der Waals surface area (Å²) in [5, 5.41) is 6.37. The van der Waals surface area contributed by atoms with Crippen molar-refractivity contribution in [3.63, 3.8) is 0 Å². The largest absolute Gasteiger partial charge is 0.313 e. The van der Waals surface area contributed by atoms with E-state index >= 15 is 0 Å². The third kappa shape index (κ3) is 2.47. The van der Waals surface area contributed by atoms with Gasteiger partial charge < -0.3 is 5.32 Å². The van der Waals surface area contributed by atoms with Crippen molar-refractivity contribution in [2.24, 2.45) is 11.8 Å². The lowest BCUT2D eigenvalue weighted by molar-refractivity contribution is 0.374. The summed E-state index contributed by atoms with van der Waals surface area (Å²) in [6.07, 6.45) is 5.49. The zero-order valence-corrected chi connectivity index (χ0v) is 12.6. The van der Waals surface area contributed by atoms with Gasteiger partial charge in [0, 0.05) is 6.04 Å². The van der Waals surface area contributed by atoms with Gasteiger partial charge in [0.2, 0.25) is 0 Å². The zero-order valence-electron chi connectivity index (χ0n) is 12.6. The van der Waals surface area contributed by atoms with Gasteiger partial charge in [0.1, 0.15) is 0 Å².